The van der Waals surface area contributed by atoms with Crippen LogP contribution in [0.5, 0.6) is 0 Å². The van der Waals surface area contributed by atoms with Gasteiger partial charge in [0, 0.05) is 5.41 Å². The Bertz CT molecular complexity index is 852. The summed E-state index contributed by atoms with van der Waals surface area (Å²) in [6.45, 7) is 11.3. The minimum absolute atomic E-state index is 0.0772. The van der Waals surface area contributed by atoms with E-state index in [4.69, 9.17) is 9.84 Å². The van der Waals surface area contributed by atoms with Gasteiger partial charge in [-0.3, -0.25) is 9.59 Å². The molecule has 0 aliphatic heterocycles. The van der Waals surface area contributed by atoms with Crippen LogP contribution < -0.4 is 0 Å². The van der Waals surface area contributed by atoms with Gasteiger partial charge in [-0.25, -0.2) is 0 Å². The third kappa shape index (κ3) is 3.39. The molecule has 5 heteroatoms. The summed E-state index contributed by atoms with van der Waals surface area (Å²) in [5, 5.41) is 20.3. The molecule has 6 atom stereocenters. The van der Waals surface area contributed by atoms with Crippen molar-refractivity contribution in [2.45, 2.75) is 98.2 Å². The monoisotopic (exact) mass is 430 g/mol. The molecule has 0 amide bonds. The highest BCUT2D eigenvalue weighted by atomic mass is 16.5. The van der Waals surface area contributed by atoms with Crippen molar-refractivity contribution in [3.05, 3.63) is 22.8 Å². The van der Waals surface area contributed by atoms with E-state index in [-0.39, 0.29) is 35.2 Å². The van der Waals surface area contributed by atoms with E-state index in [2.05, 4.69) is 40.7 Å². The number of ether oxygens (including phenoxy) is 1. The molecule has 172 valence electrons. The number of aliphatic hydroxyl groups excluding tert-OH is 1. The van der Waals surface area contributed by atoms with E-state index in [0.29, 0.717) is 11.8 Å². The van der Waals surface area contributed by atoms with Gasteiger partial charge in [0.05, 0.1) is 18.9 Å². The third-order valence-electron chi connectivity index (χ3n) is 9.52. The summed E-state index contributed by atoms with van der Waals surface area (Å²) in [6.07, 6.45) is 7.06. The van der Waals surface area contributed by atoms with Crippen LogP contribution in [0.4, 0.5) is 0 Å². The van der Waals surface area contributed by atoms with Gasteiger partial charge in [-0.05, 0) is 77.9 Å². The Morgan fingerprint density at radius 2 is 1.84 bits per heavy atom. The third-order valence-corrected chi connectivity index (χ3v) is 9.52. The lowest BCUT2D eigenvalue weighted by atomic mass is 9.46. The van der Waals surface area contributed by atoms with Crippen molar-refractivity contribution >= 4 is 11.9 Å². The molecule has 0 aromatic carbocycles. The number of aliphatic hydroxyl groups is 1. The van der Waals surface area contributed by atoms with Crippen LogP contribution in [-0.2, 0) is 14.3 Å². The summed E-state index contributed by atoms with van der Waals surface area (Å²) in [6, 6.07) is 0. The SMILES string of the molecule is CC1CC=C2C3=C([C@@H](O)CC21C)C1(C)CCC(OC(=O)CCC(=O)O)C(C)(C)C1CC3. The van der Waals surface area contributed by atoms with E-state index in [1.54, 1.807) is 0 Å². The van der Waals surface area contributed by atoms with E-state index < -0.39 is 18.0 Å². The Kier molecular flexibility index (Phi) is 5.44. The highest BCUT2D eigenvalue weighted by Crippen LogP contribution is 2.66. The van der Waals surface area contributed by atoms with E-state index in [1.165, 1.54) is 16.7 Å². The zero-order valence-corrected chi connectivity index (χ0v) is 19.7. The second kappa shape index (κ2) is 7.47. The van der Waals surface area contributed by atoms with Crippen LogP contribution in [0.2, 0.25) is 0 Å². The number of hydrogen-bond acceptors (Lipinski definition) is 4. The van der Waals surface area contributed by atoms with Gasteiger partial charge in [-0.1, -0.05) is 40.7 Å². The Balaban J connectivity index is 1.62. The molecule has 0 saturated heterocycles. The zero-order valence-electron chi connectivity index (χ0n) is 19.7. The fraction of sp³-hybridized carbons (Fsp3) is 0.769. The van der Waals surface area contributed by atoms with Gasteiger partial charge in [0.1, 0.15) is 6.10 Å². The van der Waals surface area contributed by atoms with Crippen LogP contribution in [0.15, 0.2) is 22.8 Å². The number of fused-ring (bicyclic) bond motifs is 4. The summed E-state index contributed by atoms with van der Waals surface area (Å²) < 4.78 is 5.82. The topological polar surface area (TPSA) is 83.8 Å². The van der Waals surface area contributed by atoms with Crippen molar-refractivity contribution < 1.29 is 24.5 Å². The Morgan fingerprint density at radius 3 is 2.52 bits per heavy atom. The van der Waals surface area contributed by atoms with Crippen LogP contribution in [-0.4, -0.2) is 34.4 Å². The van der Waals surface area contributed by atoms with Crippen LogP contribution >= 0.6 is 0 Å². The van der Waals surface area contributed by atoms with Crippen molar-refractivity contribution in [2.24, 2.45) is 28.1 Å². The molecule has 0 radical (unpaired) electrons. The molecule has 2 N–H and O–H groups in total. The molecule has 0 spiro atoms. The maximum absolute atomic E-state index is 12.3. The lowest BCUT2D eigenvalue weighted by molar-refractivity contribution is -0.171. The van der Waals surface area contributed by atoms with Gasteiger partial charge in [-0.15, -0.1) is 0 Å². The minimum Gasteiger partial charge on any atom is -0.481 e. The number of carbonyl (C=O) groups is 2. The lowest BCUT2D eigenvalue weighted by Crippen LogP contribution is -2.56. The summed E-state index contributed by atoms with van der Waals surface area (Å²) in [5.41, 5.74) is 3.90. The summed E-state index contributed by atoms with van der Waals surface area (Å²) in [5.74, 6) is -0.524. The van der Waals surface area contributed by atoms with Crippen molar-refractivity contribution in [1.29, 1.82) is 0 Å². The largest absolute Gasteiger partial charge is 0.481 e. The molecule has 4 aliphatic rings. The first-order valence-corrected chi connectivity index (χ1v) is 11.9. The lowest BCUT2D eigenvalue weighted by Gasteiger charge is -2.60. The number of rotatable bonds is 4. The molecule has 0 aromatic rings. The molecular weight excluding hydrogens is 392 g/mol. The average molecular weight is 431 g/mol. The fourth-order valence-corrected chi connectivity index (χ4v) is 7.64. The van der Waals surface area contributed by atoms with E-state index in [1.807, 2.05) is 0 Å². The molecule has 0 bridgehead atoms. The summed E-state index contributed by atoms with van der Waals surface area (Å²) >= 11 is 0. The number of carbonyl (C=O) groups excluding carboxylic acids is 1. The van der Waals surface area contributed by atoms with Gasteiger partial charge >= 0.3 is 11.9 Å². The maximum atomic E-state index is 12.3. The van der Waals surface area contributed by atoms with Crippen molar-refractivity contribution in [2.75, 3.05) is 0 Å². The highest BCUT2D eigenvalue weighted by molar-refractivity contribution is 5.76. The first-order chi connectivity index (χ1) is 14.4. The number of hydrogen-bond donors (Lipinski definition) is 2. The molecule has 0 aromatic heterocycles. The van der Waals surface area contributed by atoms with Crippen molar-refractivity contribution in [3.8, 4) is 0 Å². The van der Waals surface area contributed by atoms with Crippen molar-refractivity contribution in [1.82, 2.24) is 0 Å². The first-order valence-electron chi connectivity index (χ1n) is 11.9. The standard InChI is InChI=1S/C26H38O5/c1-15-6-8-17-16-7-9-19-24(2,3)20(31-22(30)11-10-21(28)29)12-13-25(19,4)23(16)18(27)14-26(15,17)5/h8,15,18-20,27H,6-7,9-14H2,1-5H3,(H,28,29)/t15?,18-,19?,20?,25?,26?/m0/s1. The fourth-order valence-electron chi connectivity index (χ4n) is 7.64. The maximum Gasteiger partial charge on any atom is 0.306 e. The number of esters is 1. The zero-order chi connectivity index (χ0) is 22.8. The molecule has 0 heterocycles. The average Bonchev–Trinajstić information content (AvgIpc) is 2.96. The Morgan fingerprint density at radius 1 is 1.13 bits per heavy atom. The van der Waals surface area contributed by atoms with Crippen LogP contribution in [0.3, 0.4) is 0 Å². The molecule has 5 nitrogen and oxygen atoms in total. The molecule has 4 aliphatic carbocycles. The van der Waals surface area contributed by atoms with Gasteiger partial charge in [-0.2, -0.15) is 0 Å². The van der Waals surface area contributed by atoms with Crippen LogP contribution in [0, 0.1) is 28.1 Å². The molecule has 1 fully saturated rings. The predicted molar refractivity (Wildman–Crippen MR) is 118 cm³/mol. The predicted octanol–water partition coefficient (Wildman–Crippen LogP) is 5.03. The second-order valence-corrected chi connectivity index (χ2v) is 11.5. The molecular formula is C26H38O5. The molecule has 31 heavy (non-hydrogen) atoms. The van der Waals surface area contributed by atoms with Gasteiger partial charge in [0.2, 0.25) is 0 Å². The number of allylic oxidation sites excluding steroid dienone is 3. The molecule has 5 unspecified atom stereocenters. The van der Waals surface area contributed by atoms with Crippen LogP contribution in [0.1, 0.15) is 86.0 Å². The van der Waals surface area contributed by atoms with Gasteiger partial charge in [0.15, 0.2) is 0 Å². The smallest absolute Gasteiger partial charge is 0.306 e. The quantitative estimate of drug-likeness (QED) is 0.611. The highest BCUT2D eigenvalue weighted by Gasteiger charge is 2.59. The first kappa shape index (κ1) is 22.6. The van der Waals surface area contributed by atoms with E-state index >= 15 is 0 Å². The van der Waals surface area contributed by atoms with Crippen LogP contribution in [0.25, 0.3) is 0 Å². The normalized spacial score (nSPS) is 41.0. The number of aliphatic carboxylic acids is 1. The minimum atomic E-state index is -0.979. The summed E-state index contributed by atoms with van der Waals surface area (Å²) in [7, 11) is 0. The van der Waals surface area contributed by atoms with Gasteiger partial charge in [0.25, 0.3) is 0 Å². The Hall–Kier alpha value is -1.62. The van der Waals surface area contributed by atoms with E-state index in [9.17, 15) is 14.7 Å². The number of carboxylic acid groups (broad SMARTS) is 1. The number of carboxylic acids is 1. The summed E-state index contributed by atoms with van der Waals surface area (Å²) in [4.78, 5) is 23.1. The molecule has 4 rings (SSSR count). The van der Waals surface area contributed by atoms with Gasteiger partial charge < -0.3 is 14.9 Å². The molecule has 1 saturated carbocycles. The van der Waals surface area contributed by atoms with E-state index in [0.717, 1.165) is 38.5 Å². The Labute approximate surface area is 185 Å². The van der Waals surface area contributed by atoms with Crippen molar-refractivity contribution in [3.63, 3.8) is 0 Å². The second-order valence-electron chi connectivity index (χ2n) is 11.5.